The highest BCUT2D eigenvalue weighted by Gasteiger charge is 2.32. The Bertz CT molecular complexity index is 1090. The molecule has 8 heteroatoms. The van der Waals surface area contributed by atoms with Crippen LogP contribution in [0, 0.1) is 6.92 Å². The van der Waals surface area contributed by atoms with E-state index in [9.17, 15) is 18.0 Å². The third-order valence-electron chi connectivity index (χ3n) is 4.36. The van der Waals surface area contributed by atoms with Gasteiger partial charge in [0.2, 0.25) is 5.91 Å². The fourth-order valence-electron chi connectivity index (χ4n) is 2.83. The summed E-state index contributed by atoms with van der Waals surface area (Å²) < 4.78 is 41.0. The third kappa shape index (κ3) is 4.86. The van der Waals surface area contributed by atoms with E-state index in [1.165, 1.54) is 18.2 Å². The summed E-state index contributed by atoms with van der Waals surface area (Å²) in [5, 5.41) is 3.03. The Hall–Kier alpha value is -3.06. The maximum atomic E-state index is 13.0. The number of rotatable bonds is 4. The molecule has 1 heterocycles. The Morgan fingerprint density at radius 1 is 1.21 bits per heavy atom. The van der Waals surface area contributed by atoms with Crippen molar-refractivity contribution in [3.8, 4) is 11.3 Å². The first kappa shape index (κ1) is 20.7. The van der Waals surface area contributed by atoms with Crippen LogP contribution in [0.3, 0.4) is 0 Å². The van der Waals surface area contributed by atoms with Crippen LogP contribution in [-0.4, -0.2) is 15.5 Å². The zero-order valence-corrected chi connectivity index (χ0v) is 16.3. The van der Waals surface area contributed by atoms with E-state index in [0.29, 0.717) is 10.7 Å². The zero-order chi connectivity index (χ0) is 21.2. The Kier molecular flexibility index (Phi) is 5.79. The maximum absolute atomic E-state index is 13.0. The number of carbonyl (C=O) groups is 1. The summed E-state index contributed by atoms with van der Waals surface area (Å²) >= 11 is 6.16. The summed E-state index contributed by atoms with van der Waals surface area (Å²) in [6.07, 6.45) is -0.617. The van der Waals surface area contributed by atoms with Crippen LogP contribution >= 0.6 is 11.6 Å². The standard InChI is InChI=1S/C21H17ClF3N3O/c1-13-26-12-19(28(13)2)15-9-16(22)11-17(10-15)27-20(29)8-7-14-5-3-4-6-18(14)21(23,24)25/h3-12H,1-2H3,(H,27,29)/b8-7+. The molecular weight excluding hydrogens is 403 g/mol. The number of aromatic nitrogens is 2. The molecule has 0 aliphatic rings. The number of aryl methyl sites for hydroxylation is 1. The second kappa shape index (κ2) is 8.13. The van der Waals surface area contributed by atoms with Gasteiger partial charge in [-0.2, -0.15) is 13.2 Å². The lowest BCUT2D eigenvalue weighted by atomic mass is 10.1. The van der Waals surface area contributed by atoms with E-state index in [1.54, 1.807) is 24.4 Å². The molecule has 0 aliphatic carbocycles. The molecule has 1 amide bonds. The minimum atomic E-state index is -4.50. The SMILES string of the molecule is Cc1ncc(-c2cc(Cl)cc(NC(=O)/C=C/c3ccccc3C(F)(F)F)c2)n1C. The van der Waals surface area contributed by atoms with Crippen molar-refractivity contribution in [3.05, 3.63) is 76.7 Å². The predicted molar refractivity (Wildman–Crippen MR) is 107 cm³/mol. The highest BCUT2D eigenvalue weighted by Crippen LogP contribution is 2.32. The van der Waals surface area contributed by atoms with Gasteiger partial charge in [0.05, 0.1) is 17.5 Å². The molecule has 0 saturated heterocycles. The first-order chi connectivity index (χ1) is 13.6. The number of benzene rings is 2. The topological polar surface area (TPSA) is 46.9 Å². The number of imidazole rings is 1. The highest BCUT2D eigenvalue weighted by atomic mass is 35.5. The normalized spacial score (nSPS) is 11.8. The van der Waals surface area contributed by atoms with Crippen LogP contribution < -0.4 is 5.32 Å². The minimum absolute atomic E-state index is 0.0905. The lowest BCUT2D eigenvalue weighted by molar-refractivity contribution is -0.137. The van der Waals surface area contributed by atoms with E-state index < -0.39 is 17.6 Å². The summed E-state index contributed by atoms with van der Waals surface area (Å²) in [4.78, 5) is 16.5. The van der Waals surface area contributed by atoms with Gasteiger partial charge in [0.15, 0.2) is 0 Å². The summed E-state index contributed by atoms with van der Waals surface area (Å²) in [6.45, 7) is 1.86. The number of hydrogen-bond donors (Lipinski definition) is 1. The number of alkyl halides is 3. The largest absolute Gasteiger partial charge is 0.416 e. The third-order valence-corrected chi connectivity index (χ3v) is 4.58. The quantitative estimate of drug-likeness (QED) is 0.550. The number of halogens is 4. The molecule has 2 aromatic carbocycles. The molecular formula is C21H17ClF3N3O. The van der Waals surface area contributed by atoms with Crippen molar-refractivity contribution in [2.24, 2.45) is 7.05 Å². The number of hydrogen-bond acceptors (Lipinski definition) is 2. The molecule has 150 valence electrons. The van der Waals surface area contributed by atoms with Crippen molar-refractivity contribution in [3.63, 3.8) is 0 Å². The number of amides is 1. The van der Waals surface area contributed by atoms with Crippen molar-refractivity contribution in [2.45, 2.75) is 13.1 Å². The molecule has 4 nitrogen and oxygen atoms in total. The molecule has 1 N–H and O–H groups in total. The highest BCUT2D eigenvalue weighted by molar-refractivity contribution is 6.31. The van der Waals surface area contributed by atoms with E-state index in [2.05, 4.69) is 10.3 Å². The van der Waals surface area contributed by atoms with Crippen LogP contribution in [0.1, 0.15) is 17.0 Å². The van der Waals surface area contributed by atoms with E-state index in [4.69, 9.17) is 11.6 Å². The lowest BCUT2D eigenvalue weighted by Gasteiger charge is -2.10. The monoisotopic (exact) mass is 419 g/mol. The van der Waals surface area contributed by atoms with Crippen LogP contribution in [0.4, 0.5) is 18.9 Å². The number of anilines is 1. The molecule has 3 aromatic rings. The van der Waals surface area contributed by atoms with Gasteiger partial charge in [-0.15, -0.1) is 0 Å². The van der Waals surface area contributed by atoms with Gasteiger partial charge in [0.25, 0.3) is 0 Å². The van der Waals surface area contributed by atoms with Crippen LogP contribution in [0.25, 0.3) is 17.3 Å². The van der Waals surface area contributed by atoms with Gasteiger partial charge >= 0.3 is 6.18 Å². The van der Waals surface area contributed by atoms with E-state index in [-0.39, 0.29) is 5.56 Å². The van der Waals surface area contributed by atoms with Gasteiger partial charge < -0.3 is 9.88 Å². The molecule has 0 aliphatic heterocycles. The fraction of sp³-hybridized carbons (Fsp3) is 0.143. The summed E-state index contributed by atoms with van der Waals surface area (Å²) in [5.74, 6) is 0.244. The van der Waals surface area contributed by atoms with Gasteiger partial charge in [-0.3, -0.25) is 4.79 Å². The Morgan fingerprint density at radius 3 is 2.59 bits per heavy atom. The zero-order valence-electron chi connectivity index (χ0n) is 15.6. The Balaban J connectivity index is 1.82. The molecule has 0 unspecified atom stereocenters. The van der Waals surface area contributed by atoms with Gasteiger partial charge in [0, 0.05) is 29.4 Å². The predicted octanol–water partition coefficient (Wildman–Crippen LogP) is 5.72. The molecule has 1 aromatic heterocycles. The Labute approximate surface area is 170 Å². The average molecular weight is 420 g/mol. The van der Waals surface area contributed by atoms with Gasteiger partial charge in [-0.1, -0.05) is 29.8 Å². The number of nitrogens with one attached hydrogen (secondary N) is 1. The van der Waals surface area contributed by atoms with Crippen molar-refractivity contribution < 1.29 is 18.0 Å². The molecule has 0 atom stereocenters. The van der Waals surface area contributed by atoms with Crippen molar-refractivity contribution in [1.29, 1.82) is 0 Å². The van der Waals surface area contributed by atoms with Crippen LogP contribution in [0.15, 0.2) is 54.7 Å². The van der Waals surface area contributed by atoms with E-state index in [0.717, 1.165) is 35.3 Å². The first-order valence-electron chi connectivity index (χ1n) is 8.60. The summed E-state index contributed by atoms with van der Waals surface area (Å²) in [6, 6.07) is 10.1. The average Bonchev–Trinajstić information content (AvgIpc) is 2.98. The molecule has 3 rings (SSSR count). The molecule has 0 saturated carbocycles. The van der Waals surface area contributed by atoms with Crippen LogP contribution in [-0.2, 0) is 18.0 Å². The van der Waals surface area contributed by atoms with Crippen LogP contribution in [0.2, 0.25) is 5.02 Å². The summed E-state index contributed by atoms with van der Waals surface area (Å²) in [5.41, 5.74) is 1.09. The van der Waals surface area contributed by atoms with Gasteiger partial charge in [0.1, 0.15) is 5.82 Å². The van der Waals surface area contributed by atoms with Gasteiger partial charge in [-0.05, 0) is 42.8 Å². The summed E-state index contributed by atoms with van der Waals surface area (Å²) in [7, 11) is 1.86. The minimum Gasteiger partial charge on any atom is -0.331 e. The number of carbonyl (C=O) groups excluding carboxylic acids is 1. The van der Waals surface area contributed by atoms with E-state index in [1.807, 2.05) is 18.5 Å². The molecule has 0 spiro atoms. The smallest absolute Gasteiger partial charge is 0.331 e. The fourth-order valence-corrected chi connectivity index (χ4v) is 3.06. The molecule has 0 radical (unpaired) electrons. The van der Waals surface area contributed by atoms with Crippen molar-refractivity contribution in [2.75, 3.05) is 5.32 Å². The lowest BCUT2D eigenvalue weighted by Crippen LogP contribution is -2.09. The van der Waals surface area contributed by atoms with Crippen molar-refractivity contribution >= 4 is 29.3 Å². The Morgan fingerprint density at radius 2 is 1.93 bits per heavy atom. The van der Waals surface area contributed by atoms with Gasteiger partial charge in [-0.25, -0.2) is 4.98 Å². The maximum Gasteiger partial charge on any atom is 0.416 e. The molecule has 0 fully saturated rings. The molecule has 29 heavy (non-hydrogen) atoms. The first-order valence-corrected chi connectivity index (χ1v) is 8.97. The van der Waals surface area contributed by atoms with Crippen molar-refractivity contribution in [1.82, 2.24) is 9.55 Å². The molecule has 0 bridgehead atoms. The number of nitrogens with zero attached hydrogens (tertiary/aromatic N) is 2. The van der Waals surface area contributed by atoms with Crippen LogP contribution in [0.5, 0.6) is 0 Å². The second-order valence-corrected chi connectivity index (χ2v) is 6.82. The second-order valence-electron chi connectivity index (χ2n) is 6.39. The van der Waals surface area contributed by atoms with E-state index >= 15 is 0 Å².